The van der Waals surface area contributed by atoms with E-state index in [1.165, 1.54) is 13.2 Å². The van der Waals surface area contributed by atoms with Gasteiger partial charge in [-0.05, 0) is 39.9 Å². The second kappa shape index (κ2) is 7.59. The molecule has 0 spiro atoms. The van der Waals surface area contributed by atoms with Crippen LogP contribution in [-0.4, -0.2) is 23.3 Å². The van der Waals surface area contributed by atoms with Gasteiger partial charge in [-0.1, -0.05) is 17.8 Å². The van der Waals surface area contributed by atoms with Crippen molar-refractivity contribution in [1.29, 1.82) is 0 Å². The van der Waals surface area contributed by atoms with Crippen molar-refractivity contribution in [3.8, 4) is 5.75 Å². The highest BCUT2D eigenvalue weighted by atomic mass is 79.9. The number of nitro groups is 1. The summed E-state index contributed by atoms with van der Waals surface area (Å²) in [5.41, 5.74) is 2.41. The fraction of sp³-hybridized carbons (Fsp3) is 0.188. The quantitative estimate of drug-likeness (QED) is 0.318. The van der Waals surface area contributed by atoms with Crippen LogP contribution in [0, 0.1) is 10.1 Å². The molecule has 0 bridgehead atoms. The Hall–Kier alpha value is -1.84. The Morgan fingerprint density at radius 2 is 2.20 bits per heavy atom. The zero-order valence-electron chi connectivity index (χ0n) is 13.4. The van der Waals surface area contributed by atoms with E-state index in [1.807, 2.05) is 18.4 Å². The molecule has 0 fully saturated rings. The number of anilines is 1. The van der Waals surface area contributed by atoms with Gasteiger partial charge in [0.05, 0.1) is 26.7 Å². The average Bonchev–Trinajstić information content (AvgIpc) is 3.02. The van der Waals surface area contributed by atoms with Crippen LogP contribution in [0.2, 0.25) is 0 Å². The molecule has 0 aliphatic carbocycles. The van der Waals surface area contributed by atoms with Crippen LogP contribution in [0.25, 0.3) is 10.2 Å². The maximum absolute atomic E-state index is 11.3. The Labute approximate surface area is 160 Å². The molecule has 0 radical (unpaired) electrons. The maximum Gasteiger partial charge on any atom is 0.293 e. The van der Waals surface area contributed by atoms with E-state index in [4.69, 9.17) is 4.74 Å². The van der Waals surface area contributed by atoms with Crippen LogP contribution in [-0.2, 0) is 6.54 Å². The molecule has 130 valence electrons. The van der Waals surface area contributed by atoms with Gasteiger partial charge >= 0.3 is 0 Å². The Bertz CT molecular complexity index is 946. The molecule has 1 N–H and O–H groups in total. The first-order chi connectivity index (χ1) is 12.0. The zero-order valence-corrected chi connectivity index (χ0v) is 16.6. The fourth-order valence-corrected chi connectivity index (χ4v) is 4.38. The molecule has 0 saturated carbocycles. The van der Waals surface area contributed by atoms with Crippen LogP contribution in [0.1, 0.15) is 5.56 Å². The van der Waals surface area contributed by atoms with Crippen LogP contribution >= 0.6 is 39.0 Å². The summed E-state index contributed by atoms with van der Waals surface area (Å²) in [7, 11) is 1.52. The number of methoxy groups -OCH3 is 1. The lowest BCUT2D eigenvalue weighted by Gasteiger charge is -2.10. The molecule has 3 rings (SSSR count). The predicted molar refractivity (Wildman–Crippen MR) is 106 cm³/mol. The number of ether oxygens (including phenoxy) is 1. The summed E-state index contributed by atoms with van der Waals surface area (Å²) in [6.45, 7) is 0.466. The molecule has 9 heteroatoms. The number of nitro benzene ring substituents is 1. The lowest BCUT2D eigenvalue weighted by atomic mass is 10.2. The van der Waals surface area contributed by atoms with E-state index in [0.717, 1.165) is 20.1 Å². The third-order valence-electron chi connectivity index (χ3n) is 3.56. The van der Waals surface area contributed by atoms with Gasteiger partial charge in [0.2, 0.25) is 0 Å². The molecule has 2 aromatic carbocycles. The van der Waals surface area contributed by atoms with E-state index >= 15 is 0 Å². The van der Waals surface area contributed by atoms with Gasteiger partial charge in [-0.15, -0.1) is 11.3 Å². The molecule has 0 aliphatic heterocycles. The highest BCUT2D eigenvalue weighted by Gasteiger charge is 2.17. The molecule has 0 saturated heterocycles. The number of aromatic nitrogens is 1. The lowest BCUT2D eigenvalue weighted by molar-refractivity contribution is -0.384. The Kier molecular flexibility index (Phi) is 5.45. The highest BCUT2D eigenvalue weighted by Crippen LogP contribution is 2.36. The van der Waals surface area contributed by atoms with E-state index in [-0.39, 0.29) is 5.69 Å². The summed E-state index contributed by atoms with van der Waals surface area (Å²) >= 11 is 6.54. The molecule has 1 aromatic heterocycles. The van der Waals surface area contributed by atoms with Gasteiger partial charge in [0, 0.05) is 18.7 Å². The van der Waals surface area contributed by atoms with Crippen LogP contribution in [0.3, 0.4) is 0 Å². The first kappa shape index (κ1) is 18.0. The van der Waals surface area contributed by atoms with Crippen molar-refractivity contribution in [3.05, 3.63) is 50.5 Å². The minimum absolute atomic E-state index is 0.00351. The zero-order chi connectivity index (χ0) is 18.0. The molecule has 0 atom stereocenters. The molecule has 6 nitrogen and oxygen atoms in total. The van der Waals surface area contributed by atoms with Crippen molar-refractivity contribution < 1.29 is 9.66 Å². The van der Waals surface area contributed by atoms with E-state index in [0.29, 0.717) is 22.5 Å². The number of nitrogens with one attached hydrogen (secondary N) is 1. The van der Waals surface area contributed by atoms with Gasteiger partial charge in [0.15, 0.2) is 4.34 Å². The molecular weight excluding hydrogens is 426 g/mol. The first-order valence-electron chi connectivity index (χ1n) is 7.21. The smallest absolute Gasteiger partial charge is 0.293 e. The normalized spacial score (nSPS) is 10.8. The Morgan fingerprint density at radius 1 is 1.40 bits per heavy atom. The number of nitrogens with zero attached hydrogens (tertiary/aromatic N) is 2. The first-order valence-corrected chi connectivity index (χ1v) is 10.0. The number of thiazole rings is 1. The Morgan fingerprint density at radius 3 is 2.88 bits per heavy atom. The number of rotatable bonds is 6. The maximum atomic E-state index is 11.3. The minimum atomic E-state index is -0.413. The largest absolute Gasteiger partial charge is 0.495 e. The van der Waals surface area contributed by atoms with Crippen molar-refractivity contribution in [2.75, 3.05) is 18.7 Å². The Balaban J connectivity index is 1.86. The van der Waals surface area contributed by atoms with Gasteiger partial charge in [0.25, 0.3) is 5.69 Å². The number of thioether (sulfide) groups is 1. The van der Waals surface area contributed by atoms with Crippen molar-refractivity contribution >= 4 is 60.6 Å². The molecule has 25 heavy (non-hydrogen) atoms. The number of hydrogen-bond acceptors (Lipinski definition) is 7. The highest BCUT2D eigenvalue weighted by molar-refractivity contribution is 9.10. The van der Waals surface area contributed by atoms with Gasteiger partial charge in [-0.2, -0.15) is 0 Å². The number of benzene rings is 2. The number of halogens is 1. The van der Waals surface area contributed by atoms with Gasteiger partial charge < -0.3 is 10.1 Å². The summed E-state index contributed by atoms with van der Waals surface area (Å²) in [6.07, 6.45) is 2.00. The summed E-state index contributed by atoms with van der Waals surface area (Å²) < 4.78 is 7.90. The third-order valence-corrected chi connectivity index (χ3v) is 6.18. The van der Waals surface area contributed by atoms with E-state index < -0.39 is 4.92 Å². The summed E-state index contributed by atoms with van der Waals surface area (Å²) in [6, 6.07) is 9.07. The van der Waals surface area contributed by atoms with Crippen LogP contribution in [0.15, 0.2) is 39.1 Å². The van der Waals surface area contributed by atoms with Crippen LogP contribution in [0.4, 0.5) is 11.4 Å². The predicted octanol–water partition coefficient (Wildman–Crippen LogP) is 5.31. The van der Waals surface area contributed by atoms with Gasteiger partial charge in [-0.3, -0.25) is 10.1 Å². The van der Waals surface area contributed by atoms with Gasteiger partial charge in [-0.25, -0.2) is 4.98 Å². The molecule has 0 unspecified atom stereocenters. The molecular formula is C16H14BrN3O3S2. The second-order valence-corrected chi connectivity index (χ2v) is 8.04. The lowest BCUT2D eigenvalue weighted by Crippen LogP contribution is -2.03. The van der Waals surface area contributed by atoms with Crippen molar-refractivity contribution in [2.45, 2.75) is 10.9 Å². The number of fused-ring (bicyclic) bond motifs is 1. The molecule has 1 heterocycles. The van der Waals surface area contributed by atoms with E-state index in [2.05, 4.69) is 32.3 Å². The van der Waals surface area contributed by atoms with Crippen molar-refractivity contribution in [2.24, 2.45) is 0 Å². The number of hydrogen-bond donors (Lipinski definition) is 1. The average molecular weight is 440 g/mol. The van der Waals surface area contributed by atoms with E-state index in [1.54, 1.807) is 29.2 Å². The van der Waals surface area contributed by atoms with Crippen molar-refractivity contribution in [1.82, 2.24) is 4.98 Å². The monoisotopic (exact) mass is 439 g/mol. The third kappa shape index (κ3) is 3.88. The summed E-state index contributed by atoms with van der Waals surface area (Å²) in [5, 5.41) is 14.4. The van der Waals surface area contributed by atoms with Crippen LogP contribution in [0.5, 0.6) is 5.75 Å². The standard InChI is InChI=1S/C16H14BrN3O3S2/c1-23-14-7-12(13(20(21)22)6-10(14)17)18-8-9-3-4-11-15(5-9)25-16(19-11)24-2/h3-7,18H,8H2,1-2H3. The molecule has 0 amide bonds. The van der Waals surface area contributed by atoms with Gasteiger partial charge in [0.1, 0.15) is 11.4 Å². The minimum Gasteiger partial charge on any atom is -0.495 e. The van der Waals surface area contributed by atoms with Crippen molar-refractivity contribution in [3.63, 3.8) is 0 Å². The van der Waals surface area contributed by atoms with E-state index in [9.17, 15) is 10.1 Å². The molecule has 0 aliphatic rings. The SMILES string of the molecule is COc1cc(NCc2ccc3nc(SC)sc3c2)c([N+](=O)[O-])cc1Br. The fourth-order valence-electron chi connectivity index (χ4n) is 2.33. The summed E-state index contributed by atoms with van der Waals surface area (Å²) in [4.78, 5) is 15.4. The molecule has 3 aromatic rings. The summed E-state index contributed by atoms with van der Waals surface area (Å²) in [5.74, 6) is 0.538. The topological polar surface area (TPSA) is 77.3 Å². The second-order valence-electron chi connectivity index (χ2n) is 5.10. The van der Waals surface area contributed by atoms with Crippen LogP contribution < -0.4 is 10.1 Å².